The quantitative estimate of drug-likeness (QED) is 0.361. The molecule has 0 bridgehead atoms. The van der Waals surface area contributed by atoms with Gasteiger partial charge in [0.25, 0.3) is 5.91 Å². The fourth-order valence-corrected chi connectivity index (χ4v) is 4.24. The molecule has 1 saturated heterocycles. The van der Waals surface area contributed by atoms with Crippen molar-refractivity contribution in [1.29, 1.82) is 0 Å². The lowest BCUT2D eigenvalue weighted by Crippen LogP contribution is -2.50. The van der Waals surface area contributed by atoms with E-state index < -0.39 is 5.97 Å². The lowest BCUT2D eigenvalue weighted by molar-refractivity contribution is -0.134. The van der Waals surface area contributed by atoms with Gasteiger partial charge < -0.3 is 19.3 Å². The van der Waals surface area contributed by atoms with Crippen molar-refractivity contribution in [3.05, 3.63) is 90.8 Å². The van der Waals surface area contributed by atoms with Crippen LogP contribution in [0.3, 0.4) is 0 Å². The molecule has 1 aliphatic rings. The molecule has 0 N–H and O–H groups in total. The molecular formula is C28H27N5O4. The molecule has 9 nitrogen and oxygen atoms in total. The van der Waals surface area contributed by atoms with Gasteiger partial charge in [0.05, 0.1) is 12.8 Å². The number of nitrogens with zero attached hydrogens (tertiary/aromatic N) is 5. The lowest BCUT2D eigenvalue weighted by atomic mass is 10.1. The van der Waals surface area contributed by atoms with E-state index in [1.54, 1.807) is 35.2 Å². The van der Waals surface area contributed by atoms with Gasteiger partial charge in [-0.15, -0.1) is 0 Å². The van der Waals surface area contributed by atoms with E-state index >= 15 is 0 Å². The first-order valence-electron chi connectivity index (χ1n) is 12.0. The van der Waals surface area contributed by atoms with Crippen LogP contribution < -0.4 is 9.64 Å². The first-order valence-corrected chi connectivity index (χ1v) is 12.0. The van der Waals surface area contributed by atoms with Crippen molar-refractivity contribution in [2.24, 2.45) is 0 Å². The highest BCUT2D eigenvalue weighted by atomic mass is 16.5. The molecule has 0 spiro atoms. The van der Waals surface area contributed by atoms with Crippen molar-refractivity contribution in [3.63, 3.8) is 0 Å². The Hall–Kier alpha value is -4.66. The van der Waals surface area contributed by atoms with Gasteiger partial charge in [0.2, 0.25) is 0 Å². The Bertz CT molecular complexity index is 1370. The van der Waals surface area contributed by atoms with Crippen LogP contribution in [-0.2, 0) is 9.53 Å². The number of hydrogen-bond donors (Lipinski definition) is 0. The minimum atomic E-state index is -0.611. The average Bonchev–Trinajstić information content (AvgIpc) is 3.43. The third kappa shape index (κ3) is 5.45. The molecule has 3 heterocycles. The predicted octanol–water partition coefficient (Wildman–Crippen LogP) is 3.45. The summed E-state index contributed by atoms with van der Waals surface area (Å²) in [6.45, 7) is 2.07. The fourth-order valence-electron chi connectivity index (χ4n) is 4.24. The molecule has 37 heavy (non-hydrogen) atoms. The molecular weight excluding hydrogens is 470 g/mol. The molecule has 188 valence electrons. The Morgan fingerprint density at radius 2 is 1.70 bits per heavy atom. The van der Waals surface area contributed by atoms with Gasteiger partial charge in [-0.3, -0.25) is 4.79 Å². The van der Waals surface area contributed by atoms with Crippen LogP contribution in [0.25, 0.3) is 16.9 Å². The zero-order valence-corrected chi connectivity index (χ0v) is 20.5. The van der Waals surface area contributed by atoms with Gasteiger partial charge in [0, 0.05) is 44.1 Å². The Labute approximate surface area is 214 Å². The van der Waals surface area contributed by atoms with Crippen LogP contribution in [0.2, 0.25) is 0 Å². The number of rotatable bonds is 7. The number of aromatic nitrogens is 3. The van der Waals surface area contributed by atoms with E-state index in [0.29, 0.717) is 43.2 Å². The monoisotopic (exact) mass is 497 g/mol. The molecule has 0 atom stereocenters. The molecule has 9 heteroatoms. The highest BCUT2D eigenvalue weighted by Crippen LogP contribution is 2.27. The average molecular weight is 498 g/mol. The van der Waals surface area contributed by atoms with Crippen molar-refractivity contribution >= 4 is 17.7 Å². The van der Waals surface area contributed by atoms with Gasteiger partial charge in [-0.05, 0) is 36.4 Å². The number of anilines is 1. The van der Waals surface area contributed by atoms with E-state index in [1.165, 1.54) is 0 Å². The Kier molecular flexibility index (Phi) is 7.12. The van der Waals surface area contributed by atoms with E-state index in [9.17, 15) is 9.59 Å². The highest BCUT2D eigenvalue weighted by molar-refractivity contribution is 5.97. The SMILES string of the molecule is COc1cccc(-c2nn(-c3ccccc3)cc2C(=O)OCC(=O)N2CCN(c3ccccn3)CC2)c1. The summed E-state index contributed by atoms with van der Waals surface area (Å²) in [5.41, 5.74) is 2.22. The number of methoxy groups -OCH3 is 1. The molecule has 1 fully saturated rings. The maximum absolute atomic E-state index is 13.2. The number of benzene rings is 2. The van der Waals surface area contributed by atoms with Crippen LogP contribution in [0.4, 0.5) is 5.82 Å². The topological polar surface area (TPSA) is 89.8 Å². The van der Waals surface area contributed by atoms with Crippen molar-refractivity contribution in [3.8, 4) is 22.7 Å². The third-order valence-corrected chi connectivity index (χ3v) is 6.23. The van der Waals surface area contributed by atoms with Gasteiger partial charge in [-0.1, -0.05) is 36.4 Å². The number of amides is 1. The van der Waals surface area contributed by atoms with Crippen molar-refractivity contribution in [1.82, 2.24) is 19.7 Å². The molecule has 4 aromatic rings. The maximum atomic E-state index is 13.2. The summed E-state index contributed by atoms with van der Waals surface area (Å²) in [5.74, 6) is 0.695. The van der Waals surface area contributed by atoms with E-state index in [0.717, 1.165) is 11.5 Å². The molecule has 2 aromatic carbocycles. The normalized spacial score (nSPS) is 13.3. The summed E-state index contributed by atoms with van der Waals surface area (Å²) in [5, 5.41) is 4.65. The molecule has 0 radical (unpaired) electrons. The number of esters is 1. The van der Waals surface area contributed by atoms with Crippen LogP contribution >= 0.6 is 0 Å². The fraction of sp³-hybridized carbons (Fsp3) is 0.214. The molecule has 1 aliphatic heterocycles. The largest absolute Gasteiger partial charge is 0.497 e. The van der Waals surface area contributed by atoms with E-state index in [2.05, 4.69) is 15.0 Å². The number of hydrogen-bond acceptors (Lipinski definition) is 7. The van der Waals surface area contributed by atoms with E-state index in [1.807, 2.05) is 66.7 Å². The summed E-state index contributed by atoms with van der Waals surface area (Å²) < 4.78 is 12.5. The van der Waals surface area contributed by atoms with Gasteiger partial charge >= 0.3 is 5.97 Å². The Morgan fingerprint density at radius 1 is 0.919 bits per heavy atom. The second-order valence-electron chi connectivity index (χ2n) is 8.54. The van der Waals surface area contributed by atoms with Crippen molar-refractivity contribution in [2.75, 3.05) is 44.8 Å². The summed E-state index contributed by atoms with van der Waals surface area (Å²) in [6.07, 6.45) is 3.38. The zero-order chi connectivity index (χ0) is 25.6. The molecule has 0 saturated carbocycles. The minimum Gasteiger partial charge on any atom is -0.497 e. The minimum absolute atomic E-state index is 0.229. The molecule has 0 unspecified atom stereocenters. The zero-order valence-electron chi connectivity index (χ0n) is 20.5. The second-order valence-corrected chi connectivity index (χ2v) is 8.54. The van der Waals surface area contributed by atoms with Crippen LogP contribution in [0.1, 0.15) is 10.4 Å². The smallest absolute Gasteiger partial charge is 0.342 e. The summed E-state index contributed by atoms with van der Waals surface area (Å²) >= 11 is 0. The first kappa shape index (κ1) is 24.1. The highest BCUT2D eigenvalue weighted by Gasteiger charge is 2.25. The number of piperazine rings is 1. The van der Waals surface area contributed by atoms with E-state index in [-0.39, 0.29) is 18.1 Å². The van der Waals surface area contributed by atoms with E-state index in [4.69, 9.17) is 9.47 Å². The number of carbonyl (C=O) groups excluding carboxylic acids is 2. The van der Waals surface area contributed by atoms with Crippen LogP contribution in [0.15, 0.2) is 85.2 Å². The number of pyridine rings is 1. The first-order chi connectivity index (χ1) is 18.1. The number of carbonyl (C=O) groups is 2. The van der Waals surface area contributed by atoms with Crippen molar-refractivity contribution < 1.29 is 19.1 Å². The lowest BCUT2D eigenvalue weighted by Gasteiger charge is -2.35. The van der Waals surface area contributed by atoms with Crippen LogP contribution in [0, 0.1) is 0 Å². The summed E-state index contributed by atoms with van der Waals surface area (Å²) in [7, 11) is 1.58. The molecule has 0 aliphatic carbocycles. The predicted molar refractivity (Wildman–Crippen MR) is 139 cm³/mol. The van der Waals surface area contributed by atoms with Gasteiger partial charge in [0.15, 0.2) is 6.61 Å². The van der Waals surface area contributed by atoms with Crippen molar-refractivity contribution in [2.45, 2.75) is 0 Å². The molecule has 1 amide bonds. The summed E-state index contributed by atoms with van der Waals surface area (Å²) in [4.78, 5) is 34.2. The maximum Gasteiger partial charge on any atom is 0.342 e. The number of para-hydroxylation sites is 1. The Morgan fingerprint density at radius 3 is 2.43 bits per heavy atom. The molecule has 2 aromatic heterocycles. The second kappa shape index (κ2) is 10.9. The van der Waals surface area contributed by atoms with Crippen LogP contribution in [-0.4, -0.2) is 71.4 Å². The van der Waals surface area contributed by atoms with Gasteiger partial charge in [0.1, 0.15) is 22.8 Å². The van der Waals surface area contributed by atoms with Crippen LogP contribution in [0.5, 0.6) is 5.75 Å². The number of ether oxygens (including phenoxy) is 2. The third-order valence-electron chi connectivity index (χ3n) is 6.23. The van der Waals surface area contributed by atoms with Gasteiger partial charge in [-0.2, -0.15) is 5.10 Å². The Balaban J connectivity index is 1.29. The summed E-state index contributed by atoms with van der Waals surface area (Å²) in [6, 6.07) is 22.6. The molecule has 5 rings (SSSR count). The standard InChI is InChI=1S/C28H27N5O4/c1-36-23-11-7-8-21(18-23)27-24(19-33(30-27)22-9-3-2-4-10-22)28(35)37-20-26(34)32-16-14-31(15-17-32)25-12-5-6-13-29-25/h2-13,18-19H,14-17,20H2,1H3. The van der Waals surface area contributed by atoms with Gasteiger partial charge in [-0.25, -0.2) is 14.5 Å².